The van der Waals surface area contributed by atoms with Crippen LogP contribution in [0.5, 0.6) is 11.5 Å². The number of halogens is 2. The molecule has 0 amide bonds. The molecule has 1 heterocycles. The van der Waals surface area contributed by atoms with Crippen LogP contribution in [0.25, 0.3) is 0 Å². The number of pyridine rings is 1. The molecule has 140 valence electrons. The van der Waals surface area contributed by atoms with Crippen molar-refractivity contribution in [2.24, 2.45) is 0 Å². The lowest BCUT2D eigenvalue weighted by atomic mass is 10.2. The van der Waals surface area contributed by atoms with Gasteiger partial charge in [-0.1, -0.05) is 45.7 Å². The Bertz CT molecular complexity index is 873. The van der Waals surface area contributed by atoms with Gasteiger partial charge in [0.2, 0.25) is 0 Å². The molecule has 0 aliphatic carbocycles. The highest BCUT2D eigenvalue weighted by Crippen LogP contribution is 2.34. The van der Waals surface area contributed by atoms with Crippen LogP contribution in [0.15, 0.2) is 65.4 Å². The minimum absolute atomic E-state index is 0.443. The maximum atomic E-state index is 5.94. The van der Waals surface area contributed by atoms with Gasteiger partial charge in [0.1, 0.15) is 6.61 Å². The van der Waals surface area contributed by atoms with Crippen molar-refractivity contribution in [1.29, 1.82) is 0 Å². The summed E-state index contributed by atoms with van der Waals surface area (Å²) < 4.78 is 12.4. The van der Waals surface area contributed by atoms with Gasteiger partial charge in [-0.05, 0) is 47.0 Å². The van der Waals surface area contributed by atoms with Gasteiger partial charge in [0, 0.05) is 35.0 Å². The molecule has 0 atom stereocenters. The van der Waals surface area contributed by atoms with Crippen molar-refractivity contribution >= 4 is 27.5 Å². The van der Waals surface area contributed by atoms with E-state index >= 15 is 0 Å². The molecule has 1 N–H and O–H groups in total. The Kier molecular flexibility index (Phi) is 7.10. The average Bonchev–Trinajstić information content (AvgIpc) is 2.69. The minimum Gasteiger partial charge on any atom is -0.493 e. The first kappa shape index (κ1) is 19.7. The van der Waals surface area contributed by atoms with Crippen molar-refractivity contribution in [2.45, 2.75) is 19.7 Å². The molecule has 0 aliphatic heterocycles. The Labute approximate surface area is 172 Å². The minimum atomic E-state index is 0.443. The SMILES string of the molecule is COc1cc(CNCc2cccnc2)c(Br)cc1OCc1ccc(Cl)cc1. The molecule has 3 aromatic rings. The summed E-state index contributed by atoms with van der Waals surface area (Å²) in [6.45, 7) is 1.89. The van der Waals surface area contributed by atoms with E-state index in [4.69, 9.17) is 21.1 Å². The van der Waals surface area contributed by atoms with E-state index in [-0.39, 0.29) is 0 Å². The van der Waals surface area contributed by atoms with Gasteiger partial charge in [-0.25, -0.2) is 0 Å². The summed E-state index contributed by atoms with van der Waals surface area (Å²) in [4.78, 5) is 4.12. The summed E-state index contributed by atoms with van der Waals surface area (Å²) in [6, 6.07) is 15.5. The number of nitrogens with zero attached hydrogens (tertiary/aromatic N) is 1. The fourth-order valence-corrected chi connectivity index (χ4v) is 3.16. The number of aromatic nitrogens is 1. The maximum Gasteiger partial charge on any atom is 0.162 e. The van der Waals surface area contributed by atoms with Crippen LogP contribution >= 0.6 is 27.5 Å². The van der Waals surface area contributed by atoms with E-state index < -0.39 is 0 Å². The highest BCUT2D eigenvalue weighted by molar-refractivity contribution is 9.10. The summed E-state index contributed by atoms with van der Waals surface area (Å²) in [6.07, 6.45) is 3.63. The van der Waals surface area contributed by atoms with Gasteiger partial charge >= 0.3 is 0 Å². The van der Waals surface area contributed by atoms with Crippen LogP contribution in [0.1, 0.15) is 16.7 Å². The van der Waals surface area contributed by atoms with E-state index in [0.29, 0.717) is 29.7 Å². The number of rotatable bonds is 8. The molecule has 2 aromatic carbocycles. The molecule has 6 heteroatoms. The molecular weight excluding hydrogens is 428 g/mol. The molecule has 0 radical (unpaired) electrons. The average molecular weight is 448 g/mol. The maximum absolute atomic E-state index is 5.94. The first-order valence-corrected chi connectivity index (χ1v) is 9.66. The predicted octanol–water partition coefficient (Wildman–Crippen LogP) is 5.37. The number of ether oxygens (including phenoxy) is 2. The Balaban J connectivity index is 1.64. The van der Waals surface area contributed by atoms with Gasteiger partial charge in [-0.3, -0.25) is 4.98 Å². The number of methoxy groups -OCH3 is 1. The first-order valence-electron chi connectivity index (χ1n) is 8.49. The smallest absolute Gasteiger partial charge is 0.162 e. The zero-order valence-corrected chi connectivity index (χ0v) is 17.3. The molecule has 0 fully saturated rings. The topological polar surface area (TPSA) is 43.4 Å². The lowest BCUT2D eigenvalue weighted by Gasteiger charge is -2.14. The van der Waals surface area contributed by atoms with Gasteiger partial charge in [-0.15, -0.1) is 0 Å². The summed E-state index contributed by atoms with van der Waals surface area (Å²) in [5.74, 6) is 1.39. The Morgan fingerprint density at radius 3 is 2.56 bits per heavy atom. The van der Waals surface area contributed by atoms with Gasteiger partial charge in [0.25, 0.3) is 0 Å². The van der Waals surface area contributed by atoms with Crippen LogP contribution < -0.4 is 14.8 Å². The zero-order chi connectivity index (χ0) is 19.1. The van der Waals surface area contributed by atoms with E-state index in [2.05, 4.69) is 26.2 Å². The second kappa shape index (κ2) is 9.74. The Morgan fingerprint density at radius 1 is 1.04 bits per heavy atom. The van der Waals surface area contributed by atoms with Crippen LogP contribution in [0, 0.1) is 0 Å². The quantitative estimate of drug-likeness (QED) is 0.504. The van der Waals surface area contributed by atoms with Crippen molar-refractivity contribution in [3.63, 3.8) is 0 Å². The Hall–Kier alpha value is -2.08. The molecule has 1 aromatic heterocycles. The number of hydrogen-bond donors (Lipinski definition) is 1. The van der Waals surface area contributed by atoms with Crippen molar-refractivity contribution in [3.05, 3.63) is 87.1 Å². The number of hydrogen-bond acceptors (Lipinski definition) is 4. The molecule has 0 unspecified atom stereocenters. The van der Waals surface area contributed by atoms with Crippen LogP contribution in [-0.2, 0) is 19.7 Å². The molecular formula is C21H20BrClN2O2. The summed E-state index contributed by atoms with van der Waals surface area (Å²) in [5, 5.41) is 4.12. The number of nitrogens with one attached hydrogen (secondary N) is 1. The molecule has 0 saturated carbocycles. The van der Waals surface area contributed by atoms with Gasteiger partial charge in [0.15, 0.2) is 11.5 Å². The van der Waals surface area contributed by atoms with Gasteiger partial charge < -0.3 is 14.8 Å². The van der Waals surface area contributed by atoms with Crippen LogP contribution in [0.4, 0.5) is 0 Å². The Morgan fingerprint density at radius 2 is 1.85 bits per heavy atom. The van der Waals surface area contributed by atoms with E-state index in [1.807, 2.05) is 54.7 Å². The van der Waals surface area contributed by atoms with Crippen molar-refractivity contribution in [3.8, 4) is 11.5 Å². The first-order chi connectivity index (χ1) is 13.2. The third kappa shape index (κ3) is 5.70. The molecule has 0 aliphatic rings. The second-order valence-electron chi connectivity index (χ2n) is 5.97. The summed E-state index contributed by atoms with van der Waals surface area (Å²) >= 11 is 9.55. The fourth-order valence-electron chi connectivity index (χ4n) is 2.57. The van der Waals surface area contributed by atoms with E-state index in [0.717, 1.165) is 27.7 Å². The van der Waals surface area contributed by atoms with Crippen molar-refractivity contribution < 1.29 is 9.47 Å². The van der Waals surface area contributed by atoms with Crippen molar-refractivity contribution in [1.82, 2.24) is 10.3 Å². The molecule has 0 saturated heterocycles. The van der Waals surface area contributed by atoms with E-state index in [9.17, 15) is 0 Å². The summed E-state index contributed by atoms with van der Waals surface area (Å²) in [7, 11) is 1.64. The lowest BCUT2D eigenvalue weighted by molar-refractivity contribution is 0.284. The largest absolute Gasteiger partial charge is 0.493 e. The molecule has 27 heavy (non-hydrogen) atoms. The highest BCUT2D eigenvalue weighted by atomic mass is 79.9. The van der Waals surface area contributed by atoms with Crippen LogP contribution in [0.3, 0.4) is 0 Å². The third-order valence-corrected chi connectivity index (χ3v) is 5.00. The normalized spacial score (nSPS) is 10.6. The zero-order valence-electron chi connectivity index (χ0n) is 14.9. The third-order valence-electron chi connectivity index (χ3n) is 4.01. The second-order valence-corrected chi connectivity index (χ2v) is 7.27. The van der Waals surface area contributed by atoms with Gasteiger partial charge in [-0.2, -0.15) is 0 Å². The highest BCUT2D eigenvalue weighted by Gasteiger charge is 2.11. The summed E-state index contributed by atoms with van der Waals surface area (Å²) in [5.41, 5.74) is 3.28. The molecule has 3 rings (SSSR count). The van der Waals surface area contributed by atoms with Gasteiger partial charge in [0.05, 0.1) is 7.11 Å². The molecule has 0 bridgehead atoms. The lowest BCUT2D eigenvalue weighted by Crippen LogP contribution is -2.13. The van der Waals surface area contributed by atoms with Crippen LogP contribution in [-0.4, -0.2) is 12.1 Å². The van der Waals surface area contributed by atoms with Crippen molar-refractivity contribution in [2.75, 3.05) is 7.11 Å². The fraction of sp³-hybridized carbons (Fsp3) is 0.190. The van der Waals surface area contributed by atoms with E-state index in [1.54, 1.807) is 13.3 Å². The predicted molar refractivity (Wildman–Crippen MR) is 111 cm³/mol. The monoisotopic (exact) mass is 446 g/mol. The molecule has 4 nitrogen and oxygen atoms in total. The van der Waals surface area contributed by atoms with Crippen LogP contribution in [0.2, 0.25) is 5.02 Å². The standard InChI is InChI=1S/C21H20BrClN2O2/c1-26-20-9-17(13-25-12-16-3-2-8-24-11-16)19(22)10-21(20)27-14-15-4-6-18(23)7-5-15/h2-11,25H,12-14H2,1H3. The number of benzene rings is 2. The van der Waals surface area contributed by atoms with E-state index in [1.165, 1.54) is 0 Å². The molecule has 0 spiro atoms.